The lowest BCUT2D eigenvalue weighted by Crippen LogP contribution is -2.49. The van der Waals surface area contributed by atoms with Crippen LogP contribution in [-0.4, -0.2) is 23.0 Å². The van der Waals surface area contributed by atoms with Gasteiger partial charge in [-0.1, -0.05) is 37.9 Å². The van der Waals surface area contributed by atoms with Crippen LogP contribution >= 0.6 is 0 Å². The normalized spacial score (nSPS) is 17.3. The van der Waals surface area contributed by atoms with Crippen molar-refractivity contribution in [2.75, 3.05) is 6.79 Å². The molecular weight excluding hydrogens is 348 g/mol. The zero-order chi connectivity index (χ0) is 18.9. The van der Waals surface area contributed by atoms with Gasteiger partial charge in [0.25, 0.3) is 0 Å². The molecule has 2 aromatic rings. The number of carbonyl (C=O) groups excluding carboxylic acids is 1. The second-order valence-corrected chi connectivity index (χ2v) is 7.40. The van der Waals surface area contributed by atoms with Crippen molar-refractivity contribution in [3.8, 4) is 11.5 Å². The van der Waals surface area contributed by atoms with Crippen molar-refractivity contribution < 1.29 is 18.8 Å². The number of carbonyl (C=O) groups is 1. The summed E-state index contributed by atoms with van der Waals surface area (Å²) in [5, 5.41) is 10.1. The summed E-state index contributed by atoms with van der Waals surface area (Å²) >= 11 is 0. The largest absolute Gasteiger partial charge is 0.454 e. The summed E-state index contributed by atoms with van der Waals surface area (Å²) in [6.07, 6.45) is 3.66. The molecule has 0 radical (unpaired) electrons. The molecule has 1 aromatic heterocycles. The van der Waals surface area contributed by atoms with E-state index in [2.05, 4.69) is 20.8 Å². The van der Waals surface area contributed by atoms with Crippen molar-refractivity contribution in [3.63, 3.8) is 0 Å². The third-order valence-corrected chi connectivity index (χ3v) is 5.06. The van der Waals surface area contributed by atoms with E-state index in [1.165, 1.54) is 0 Å². The molecule has 1 saturated carbocycles. The Labute approximate surface area is 157 Å². The lowest BCUT2D eigenvalue weighted by Gasteiger charge is -2.26. The molecule has 2 heterocycles. The van der Waals surface area contributed by atoms with E-state index in [4.69, 9.17) is 14.0 Å². The Kier molecular flexibility index (Phi) is 4.63. The highest BCUT2D eigenvalue weighted by Gasteiger charge is 2.41. The molecule has 144 valence electrons. The first-order valence-corrected chi connectivity index (χ1v) is 9.34. The number of hydrogen-bond acceptors (Lipinski definition) is 6. The number of rotatable bonds is 5. The zero-order valence-corrected chi connectivity index (χ0v) is 15.6. The van der Waals surface area contributed by atoms with Crippen LogP contribution in [0.5, 0.6) is 11.5 Å². The maximum atomic E-state index is 12.6. The van der Waals surface area contributed by atoms with Gasteiger partial charge in [0.05, 0.1) is 0 Å². The van der Waals surface area contributed by atoms with Gasteiger partial charge >= 0.3 is 6.03 Å². The number of nitrogens with one attached hydrogen (secondary N) is 2. The molecule has 1 fully saturated rings. The van der Waals surface area contributed by atoms with E-state index >= 15 is 0 Å². The monoisotopic (exact) mass is 372 g/mol. The minimum absolute atomic E-state index is 0.157. The van der Waals surface area contributed by atoms with Gasteiger partial charge < -0.3 is 24.6 Å². The summed E-state index contributed by atoms with van der Waals surface area (Å²) in [6, 6.07) is 5.39. The minimum Gasteiger partial charge on any atom is -0.454 e. The molecule has 0 bridgehead atoms. The van der Waals surface area contributed by atoms with Gasteiger partial charge in [0.15, 0.2) is 17.3 Å². The van der Waals surface area contributed by atoms with E-state index < -0.39 is 5.54 Å². The number of fused-ring (bicyclic) bond motifs is 1. The van der Waals surface area contributed by atoms with Gasteiger partial charge in [0, 0.05) is 12.5 Å². The maximum Gasteiger partial charge on any atom is 0.315 e. The number of benzene rings is 1. The van der Waals surface area contributed by atoms with E-state index in [0.717, 1.165) is 37.0 Å². The first kappa shape index (κ1) is 17.6. The van der Waals surface area contributed by atoms with E-state index in [-0.39, 0.29) is 18.7 Å². The predicted molar refractivity (Wildman–Crippen MR) is 96.5 cm³/mol. The summed E-state index contributed by atoms with van der Waals surface area (Å²) in [7, 11) is 0. The van der Waals surface area contributed by atoms with Crippen LogP contribution in [0.1, 0.15) is 62.7 Å². The summed E-state index contributed by atoms with van der Waals surface area (Å²) in [6.45, 7) is 4.63. The molecule has 2 amide bonds. The van der Waals surface area contributed by atoms with Crippen LogP contribution < -0.4 is 20.1 Å². The molecule has 1 aliphatic heterocycles. The van der Waals surface area contributed by atoms with E-state index in [1.54, 1.807) is 0 Å². The fraction of sp³-hybridized carbons (Fsp3) is 0.526. The minimum atomic E-state index is -0.560. The van der Waals surface area contributed by atoms with E-state index in [9.17, 15) is 4.79 Å². The van der Waals surface area contributed by atoms with E-state index in [1.807, 2.05) is 32.0 Å². The molecule has 2 aliphatic rings. The molecule has 0 atom stereocenters. The molecule has 1 aliphatic carbocycles. The molecule has 4 rings (SSSR count). The Balaban J connectivity index is 1.41. The lowest BCUT2D eigenvalue weighted by molar-refractivity contribution is 0.174. The standard InChI is InChI=1S/C19H24N4O4/c1-12(2)16-21-17(23-27-16)19(7-3-4-8-19)22-18(24)20-10-13-5-6-14-15(9-13)26-11-25-14/h5-6,9,12H,3-4,7-8,10-11H2,1-2H3,(H2,20,22,24). The van der Waals surface area contributed by atoms with Gasteiger partial charge in [-0.15, -0.1) is 0 Å². The molecule has 8 nitrogen and oxygen atoms in total. The van der Waals surface area contributed by atoms with Crippen LogP contribution in [0.4, 0.5) is 4.79 Å². The number of urea groups is 1. The molecule has 0 saturated heterocycles. The zero-order valence-electron chi connectivity index (χ0n) is 15.6. The van der Waals surface area contributed by atoms with Gasteiger partial charge in [-0.25, -0.2) is 4.79 Å². The van der Waals surface area contributed by atoms with Crippen LogP contribution in [0.25, 0.3) is 0 Å². The number of amides is 2. The first-order chi connectivity index (χ1) is 13.1. The van der Waals surface area contributed by atoms with Gasteiger partial charge in [0.2, 0.25) is 12.7 Å². The quantitative estimate of drug-likeness (QED) is 0.836. The van der Waals surface area contributed by atoms with Crippen molar-refractivity contribution in [2.45, 2.75) is 57.5 Å². The summed E-state index contributed by atoms with van der Waals surface area (Å²) in [4.78, 5) is 17.1. The van der Waals surface area contributed by atoms with Crippen LogP contribution in [0.3, 0.4) is 0 Å². The average Bonchev–Trinajstić information content (AvgIpc) is 3.39. The fourth-order valence-electron chi connectivity index (χ4n) is 3.54. The SMILES string of the molecule is CC(C)c1nc(C2(NC(=O)NCc3ccc4c(c3)OCO4)CCCC2)no1. The molecule has 8 heteroatoms. The van der Waals surface area contributed by atoms with Gasteiger partial charge in [-0.05, 0) is 30.5 Å². The van der Waals surface area contributed by atoms with Crippen molar-refractivity contribution in [3.05, 3.63) is 35.5 Å². The Bertz CT molecular complexity index is 827. The number of ether oxygens (including phenoxy) is 2. The van der Waals surface area contributed by atoms with Crippen molar-refractivity contribution in [2.24, 2.45) is 0 Å². The molecule has 1 aromatic carbocycles. The summed E-state index contributed by atoms with van der Waals surface area (Å²) < 4.78 is 16.0. The highest BCUT2D eigenvalue weighted by Crippen LogP contribution is 2.37. The Hall–Kier alpha value is -2.77. The molecule has 2 N–H and O–H groups in total. The lowest BCUT2D eigenvalue weighted by atomic mass is 9.97. The predicted octanol–water partition coefficient (Wildman–Crippen LogP) is 3.19. The summed E-state index contributed by atoms with van der Waals surface area (Å²) in [5.74, 6) is 2.76. The highest BCUT2D eigenvalue weighted by molar-refractivity contribution is 5.75. The number of aromatic nitrogens is 2. The van der Waals surface area contributed by atoms with Crippen molar-refractivity contribution >= 4 is 6.03 Å². The highest BCUT2D eigenvalue weighted by atomic mass is 16.7. The molecule has 27 heavy (non-hydrogen) atoms. The third kappa shape index (κ3) is 3.56. The second-order valence-electron chi connectivity index (χ2n) is 7.40. The van der Waals surface area contributed by atoms with Crippen LogP contribution in [0, 0.1) is 0 Å². The molecule has 0 spiro atoms. The first-order valence-electron chi connectivity index (χ1n) is 9.34. The van der Waals surface area contributed by atoms with Gasteiger partial charge in [-0.2, -0.15) is 4.98 Å². The number of hydrogen-bond donors (Lipinski definition) is 2. The smallest absolute Gasteiger partial charge is 0.315 e. The Morgan fingerprint density at radius 3 is 2.74 bits per heavy atom. The van der Waals surface area contributed by atoms with E-state index in [0.29, 0.717) is 24.0 Å². The van der Waals surface area contributed by atoms with Crippen molar-refractivity contribution in [1.82, 2.24) is 20.8 Å². The van der Waals surface area contributed by atoms with Crippen LogP contribution in [0.15, 0.2) is 22.7 Å². The maximum absolute atomic E-state index is 12.6. The Morgan fingerprint density at radius 1 is 1.22 bits per heavy atom. The molecule has 0 unspecified atom stereocenters. The fourth-order valence-corrected chi connectivity index (χ4v) is 3.54. The average molecular weight is 372 g/mol. The summed E-state index contributed by atoms with van der Waals surface area (Å²) in [5.41, 5.74) is 0.381. The van der Waals surface area contributed by atoms with Crippen LogP contribution in [-0.2, 0) is 12.1 Å². The topological polar surface area (TPSA) is 98.5 Å². The molecular formula is C19H24N4O4. The van der Waals surface area contributed by atoms with Crippen LogP contribution in [0.2, 0.25) is 0 Å². The second kappa shape index (κ2) is 7.09. The van der Waals surface area contributed by atoms with Crippen molar-refractivity contribution in [1.29, 1.82) is 0 Å². The third-order valence-electron chi connectivity index (χ3n) is 5.06. The Morgan fingerprint density at radius 2 is 2.00 bits per heavy atom. The van der Waals surface area contributed by atoms with Gasteiger partial charge in [0.1, 0.15) is 5.54 Å². The van der Waals surface area contributed by atoms with Gasteiger partial charge in [-0.3, -0.25) is 0 Å². The number of nitrogens with zero attached hydrogens (tertiary/aromatic N) is 2.